The lowest BCUT2D eigenvalue weighted by atomic mass is 10.2. The molecule has 0 spiro atoms. The van der Waals surface area contributed by atoms with E-state index in [1.807, 2.05) is 0 Å². The van der Waals surface area contributed by atoms with Gasteiger partial charge in [-0.2, -0.15) is 0 Å². The second-order valence-electron chi connectivity index (χ2n) is 4.37. The maximum Gasteiger partial charge on any atom is 0.262 e. The van der Waals surface area contributed by atoms with E-state index in [-0.39, 0.29) is 21.3 Å². The van der Waals surface area contributed by atoms with Gasteiger partial charge in [-0.05, 0) is 58.7 Å². The van der Waals surface area contributed by atoms with Crippen molar-refractivity contribution in [2.24, 2.45) is 0 Å². The van der Waals surface area contributed by atoms with Crippen LogP contribution in [0.4, 0.5) is 15.8 Å². The first-order valence-electron chi connectivity index (χ1n) is 5.74. The van der Waals surface area contributed by atoms with Crippen molar-refractivity contribution in [3.63, 3.8) is 0 Å². The number of hydrogen-bond donors (Lipinski definition) is 2. The van der Waals surface area contributed by atoms with Crippen molar-refractivity contribution in [2.45, 2.75) is 11.8 Å². The first-order valence-corrected chi connectivity index (χ1v) is 8.39. The number of halogens is 3. The molecule has 2 rings (SSSR count). The van der Waals surface area contributed by atoms with Gasteiger partial charge in [-0.1, -0.05) is 11.6 Å². The van der Waals surface area contributed by atoms with Crippen molar-refractivity contribution in [2.75, 3.05) is 10.5 Å². The SMILES string of the molecule is Cc1cc(Br)c(N)cc1S(=O)(=O)Nc1cc(Cl)ccc1F. The van der Waals surface area contributed by atoms with Gasteiger partial charge in [0.15, 0.2) is 0 Å². The Balaban J connectivity index is 2.48. The van der Waals surface area contributed by atoms with E-state index in [4.69, 9.17) is 17.3 Å². The van der Waals surface area contributed by atoms with E-state index in [9.17, 15) is 12.8 Å². The van der Waals surface area contributed by atoms with Crippen molar-refractivity contribution >= 4 is 48.9 Å². The van der Waals surface area contributed by atoms with Crippen LogP contribution in [0.15, 0.2) is 39.7 Å². The monoisotopic (exact) mass is 392 g/mol. The smallest absolute Gasteiger partial charge is 0.262 e. The summed E-state index contributed by atoms with van der Waals surface area (Å²) in [7, 11) is -3.97. The summed E-state index contributed by atoms with van der Waals surface area (Å²) in [5, 5.41) is 0.223. The fraction of sp³-hybridized carbons (Fsp3) is 0.0769. The molecular weight excluding hydrogens is 383 g/mol. The lowest BCUT2D eigenvalue weighted by Gasteiger charge is -2.12. The molecule has 0 saturated carbocycles. The van der Waals surface area contributed by atoms with Crippen LogP contribution in [-0.4, -0.2) is 8.42 Å². The fourth-order valence-electron chi connectivity index (χ4n) is 1.73. The third-order valence-corrected chi connectivity index (χ3v) is 5.19. The zero-order valence-electron chi connectivity index (χ0n) is 10.8. The van der Waals surface area contributed by atoms with Gasteiger partial charge in [-0.25, -0.2) is 12.8 Å². The first-order chi connectivity index (χ1) is 9.70. The van der Waals surface area contributed by atoms with Crippen LogP contribution in [0, 0.1) is 12.7 Å². The third-order valence-electron chi connectivity index (χ3n) is 2.76. The summed E-state index contributed by atoms with van der Waals surface area (Å²) in [4.78, 5) is -0.0254. The number of hydrogen-bond acceptors (Lipinski definition) is 3. The van der Waals surface area contributed by atoms with E-state index in [0.29, 0.717) is 10.0 Å². The predicted molar refractivity (Wildman–Crippen MR) is 85.5 cm³/mol. The topological polar surface area (TPSA) is 72.2 Å². The summed E-state index contributed by atoms with van der Waals surface area (Å²) in [5.74, 6) is -0.717. The Morgan fingerprint density at radius 1 is 1.29 bits per heavy atom. The summed E-state index contributed by atoms with van der Waals surface area (Å²) in [5.41, 5.74) is 6.23. The van der Waals surface area contributed by atoms with Gasteiger partial charge in [0.2, 0.25) is 0 Å². The molecule has 0 unspecified atom stereocenters. The van der Waals surface area contributed by atoms with E-state index in [1.165, 1.54) is 18.2 Å². The number of rotatable bonds is 3. The van der Waals surface area contributed by atoms with Gasteiger partial charge < -0.3 is 5.73 Å². The summed E-state index contributed by atoms with van der Waals surface area (Å²) in [6.45, 7) is 1.62. The lowest BCUT2D eigenvalue weighted by Crippen LogP contribution is -2.15. The highest BCUT2D eigenvalue weighted by Crippen LogP contribution is 2.29. The highest BCUT2D eigenvalue weighted by molar-refractivity contribution is 9.10. The maximum atomic E-state index is 13.6. The predicted octanol–water partition coefficient (Wildman–Crippen LogP) is 3.93. The molecule has 8 heteroatoms. The van der Waals surface area contributed by atoms with Gasteiger partial charge in [-0.15, -0.1) is 0 Å². The zero-order valence-corrected chi connectivity index (χ0v) is 14.0. The molecule has 0 atom stereocenters. The van der Waals surface area contributed by atoms with Crippen molar-refractivity contribution in [3.05, 3.63) is 51.2 Å². The molecule has 0 aliphatic carbocycles. The van der Waals surface area contributed by atoms with E-state index in [2.05, 4.69) is 20.7 Å². The van der Waals surface area contributed by atoms with Crippen LogP contribution in [0.5, 0.6) is 0 Å². The number of nitrogen functional groups attached to an aromatic ring is 1. The Labute approximate surface area is 135 Å². The minimum Gasteiger partial charge on any atom is -0.398 e. The van der Waals surface area contributed by atoms with Crippen LogP contribution in [0.3, 0.4) is 0 Å². The molecule has 0 bridgehead atoms. The Bertz CT molecular complexity index is 812. The summed E-state index contributed by atoms with van der Waals surface area (Å²) < 4.78 is 41.1. The van der Waals surface area contributed by atoms with Gasteiger partial charge in [-0.3, -0.25) is 4.72 Å². The Morgan fingerprint density at radius 2 is 1.95 bits per heavy atom. The number of anilines is 2. The largest absolute Gasteiger partial charge is 0.398 e. The van der Waals surface area contributed by atoms with Gasteiger partial charge in [0.05, 0.1) is 10.6 Å². The average molecular weight is 394 g/mol. The number of aryl methyl sites for hydroxylation is 1. The van der Waals surface area contributed by atoms with Crippen LogP contribution in [0.1, 0.15) is 5.56 Å². The van der Waals surface area contributed by atoms with E-state index in [1.54, 1.807) is 13.0 Å². The second-order valence-corrected chi connectivity index (χ2v) is 7.31. The standard InChI is InChI=1S/C13H11BrClFN2O2S/c1-7-4-9(14)11(17)6-13(7)21(19,20)18-12-5-8(15)2-3-10(12)16/h2-6,18H,17H2,1H3. The van der Waals surface area contributed by atoms with Crippen molar-refractivity contribution in [1.29, 1.82) is 0 Å². The van der Waals surface area contributed by atoms with Crippen LogP contribution in [-0.2, 0) is 10.0 Å². The molecule has 0 aromatic heterocycles. The molecule has 21 heavy (non-hydrogen) atoms. The second kappa shape index (κ2) is 5.82. The van der Waals surface area contributed by atoms with Crippen molar-refractivity contribution in [1.82, 2.24) is 0 Å². The average Bonchev–Trinajstić information content (AvgIpc) is 2.37. The molecule has 0 aliphatic heterocycles. The summed E-state index contributed by atoms with van der Waals surface area (Å²) in [6, 6.07) is 6.51. The maximum absolute atomic E-state index is 13.6. The molecule has 0 fully saturated rings. The quantitative estimate of drug-likeness (QED) is 0.776. The number of sulfonamides is 1. The first kappa shape index (κ1) is 16.1. The Morgan fingerprint density at radius 3 is 2.62 bits per heavy atom. The molecule has 0 saturated heterocycles. The minimum absolute atomic E-state index is 0.0254. The molecule has 4 nitrogen and oxygen atoms in total. The summed E-state index contributed by atoms with van der Waals surface area (Å²) >= 11 is 8.96. The van der Waals surface area contributed by atoms with E-state index >= 15 is 0 Å². The molecule has 112 valence electrons. The van der Waals surface area contributed by atoms with E-state index < -0.39 is 15.8 Å². The zero-order chi connectivity index (χ0) is 15.8. The highest BCUT2D eigenvalue weighted by Gasteiger charge is 2.20. The molecule has 0 amide bonds. The lowest BCUT2D eigenvalue weighted by molar-refractivity contribution is 0.598. The molecule has 3 N–H and O–H groups in total. The normalized spacial score (nSPS) is 11.4. The van der Waals surface area contributed by atoms with Gasteiger partial charge in [0.1, 0.15) is 5.82 Å². The van der Waals surface area contributed by atoms with Crippen LogP contribution in [0.2, 0.25) is 5.02 Å². The van der Waals surface area contributed by atoms with Crippen LogP contribution in [0.25, 0.3) is 0 Å². The number of benzene rings is 2. The van der Waals surface area contributed by atoms with Gasteiger partial charge >= 0.3 is 0 Å². The van der Waals surface area contributed by atoms with Crippen LogP contribution >= 0.6 is 27.5 Å². The number of nitrogens with two attached hydrogens (primary N) is 1. The molecule has 0 heterocycles. The van der Waals surface area contributed by atoms with Gasteiger partial charge in [0, 0.05) is 15.2 Å². The minimum atomic E-state index is -3.97. The molecule has 0 radical (unpaired) electrons. The molecule has 2 aromatic rings. The summed E-state index contributed by atoms with van der Waals surface area (Å²) in [6.07, 6.45) is 0. The molecule has 2 aromatic carbocycles. The number of nitrogens with one attached hydrogen (secondary N) is 1. The van der Waals surface area contributed by atoms with E-state index in [0.717, 1.165) is 6.07 Å². The molecular formula is C13H11BrClFN2O2S. The van der Waals surface area contributed by atoms with Gasteiger partial charge in [0.25, 0.3) is 10.0 Å². The highest BCUT2D eigenvalue weighted by atomic mass is 79.9. The van der Waals surface area contributed by atoms with Crippen LogP contribution < -0.4 is 10.5 Å². The fourth-order valence-corrected chi connectivity index (χ4v) is 3.68. The van der Waals surface area contributed by atoms with Crippen molar-refractivity contribution < 1.29 is 12.8 Å². The Hall–Kier alpha value is -1.31. The third kappa shape index (κ3) is 3.48. The Kier molecular flexibility index (Phi) is 4.46. The van der Waals surface area contributed by atoms with Crippen molar-refractivity contribution in [3.8, 4) is 0 Å². The molecule has 0 aliphatic rings.